The van der Waals surface area contributed by atoms with Crippen molar-refractivity contribution in [2.45, 2.75) is 69.8 Å². The number of carbonyl (C=O) groups excluding carboxylic acids is 1. The molecule has 32 heavy (non-hydrogen) atoms. The van der Waals surface area contributed by atoms with Gasteiger partial charge >= 0.3 is 11.3 Å². The van der Waals surface area contributed by atoms with Gasteiger partial charge in [-0.2, -0.15) is 0 Å². The van der Waals surface area contributed by atoms with Crippen LogP contribution in [0.1, 0.15) is 52.4 Å². The number of fused-ring (bicyclic) bond motifs is 2. The van der Waals surface area contributed by atoms with Gasteiger partial charge in [0.1, 0.15) is 29.8 Å². The molecule has 4 rings (SSSR count). The highest BCUT2D eigenvalue weighted by Crippen LogP contribution is 2.52. The lowest BCUT2D eigenvalue weighted by molar-refractivity contribution is -0.124. The molecule has 0 bridgehead atoms. The zero-order valence-corrected chi connectivity index (χ0v) is 18.4. The molecule has 162 valence electrons. The Morgan fingerprint density at radius 3 is 1.88 bits per heavy atom. The van der Waals surface area contributed by atoms with Crippen LogP contribution in [0.4, 0.5) is 0 Å². The normalized spacial score (nSPS) is 33.2. The predicted molar refractivity (Wildman–Crippen MR) is 121 cm³/mol. The van der Waals surface area contributed by atoms with Gasteiger partial charge in [0, 0.05) is 11.8 Å². The Morgan fingerprint density at radius 1 is 0.812 bits per heavy atom. The quantitative estimate of drug-likeness (QED) is 0.420. The summed E-state index contributed by atoms with van der Waals surface area (Å²) in [5, 5.41) is 10.0. The molecule has 0 fully saturated rings. The summed E-state index contributed by atoms with van der Waals surface area (Å²) in [6.45, 7) is 33.0. The van der Waals surface area contributed by atoms with Crippen LogP contribution in [-0.2, 0) is 4.79 Å². The lowest BCUT2D eigenvalue weighted by Gasteiger charge is -2.29. The van der Waals surface area contributed by atoms with E-state index in [1.54, 1.807) is 6.08 Å². The number of aliphatic hydroxyl groups excluding tert-OH is 1. The maximum absolute atomic E-state index is 11.9. The third-order valence-electron chi connectivity index (χ3n) is 7.41. The zero-order valence-electron chi connectivity index (χ0n) is 18.4. The van der Waals surface area contributed by atoms with Gasteiger partial charge < -0.3 is 5.11 Å². The second-order valence-corrected chi connectivity index (χ2v) is 9.20. The fourth-order valence-electron chi connectivity index (χ4n) is 5.23. The Bertz CT molecular complexity index is 1090. The van der Waals surface area contributed by atoms with Crippen molar-refractivity contribution < 1.29 is 9.90 Å². The third kappa shape index (κ3) is 3.29. The molecule has 4 aliphatic rings. The molecular formula is C26H26N4O2. The average molecular weight is 427 g/mol. The molecule has 6 nitrogen and oxygen atoms in total. The van der Waals surface area contributed by atoms with E-state index in [2.05, 4.69) is 19.4 Å². The lowest BCUT2D eigenvalue weighted by Crippen LogP contribution is -2.36. The van der Waals surface area contributed by atoms with Crippen LogP contribution in [0.25, 0.3) is 19.4 Å². The molecular weight excluding hydrogens is 400 g/mol. The number of Topliss-reactive ketones (excluding diaryl/α,β-unsaturated/α-hetero) is 1. The van der Waals surface area contributed by atoms with E-state index in [0.29, 0.717) is 38.5 Å². The topological polar surface area (TPSA) is 54.7 Å². The van der Waals surface area contributed by atoms with Gasteiger partial charge in [-0.3, -0.25) is 4.79 Å². The zero-order chi connectivity index (χ0) is 23.6. The first kappa shape index (κ1) is 23.2. The smallest absolute Gasteiger partial charge is 0.392 e. The van der Waals surface area contributed by atoms with Gasteiger partial charge in [-0.05, 0) is 26.2 Å². The Hall–Kier alpha value is -3.45. The second kappa shape index (κ2) is 8.24. The minimum absolute atomic E-state index is 0.130. The summed E-state index contributed by atoms with van der Waals surface area (Å²) >= 11 is 0. The number of ketones is 1. The van der Waals surface area contributed by atoms with Gasteiger partial charge in [0.2, 0.25) is 0 Å². The van der Waals surface area contributed by atoms with E-state index in [1.165, 1.54) is 0 Å². The summed E-state index contributed by atoms with van der Waals surface area (Å²) in [4.78, 5) is 26.0. The molecule has 6 heteroatoms. The monoisotopic (exact) mass is 426 g/mol. The Labute approximate surface area is 189 Å². The largest absolute Gasteiger partial charge is 0.510 e. The molecule has 0 radical (unpaired) electrons. The highest BCUT2D eigenvalue weighted by molar-refractivity contribution is 5.93. The van der Waals surface area contributed by atoms with Crippen LogP contribution in [0.5, 0.6) is 0 Å². The fraction of sp³-hybridized carbons (Fsp3) is 0.500. The molecule has 0 aromatic carbocycles. The van der Waals surface area contributed by atoms with E-state index in [1.807, 2.05) is 44.2 Å². The Kier molecular flexibility index (Phi) is 5.98. The van der Waals surface area contributed by atoms with Gasteiger partial charge in [-0.25, -0.2) is 45.7 Å². The minimum Gasteiger partial charge on any atom is -0.392 e. The number of hydrogen-bond acceptors (Lipinski definition) is 2. The summed E-state index contributed by atoms with van der Waals surface area (Å²) in [7, 11) is 0. The van der Waals surface area contributed by atoms with E-state index in [4.69, 9.17) is 26.3 Å². The minimum atomic E-state index is -1.17. The van der Waals surface area contributed by atoms with Crippen LogP contribution in [0.15, 0.2) is 47.6 Å². The van der Waals surface area contributed by atoms with Gasteiger partial charge in [0.25, 0.3) is 0 Å². The fourth-order valence-corrected chi connectivity index (χ4v) is 5.23. The number of nitrogens with zero attached hydrogens (tertiary/aromatic N) is 4. The van der Waals surface area contributed by atoms with Gasteiger partial charge in [-0.1, -0.05) is 43.4 Å². The van der Waals surface area contributed by atoms with E-state index in [-0.39, 0.29) is 5.78 Å². The number of rotatable bonds is 0. The summed E-state index contributed by atoms with van der Waals surface area (Å²) in [6, 6.07) is 0. The van der Waals surface area contributed by atoms with E-state index >= 15 is 0 Å². The van der Waals surface area contributed by atoms with Crippen molar-refractivity contribution in [1.29, 1.82) is 0 Å². The lowest BCUT2D eigenvalue weighted by atomic mass is 9.74. The summed E-state index contributed by atoms with van der Waals surface area (Å²) in [5.74, 6) is 0.130. The summed E-state index contributed by atoms with van der Waals surface area (Å²) in [5.41, 5.74) is -1.79. The van der Waals surface area contributed by atoms with Gasteiger partial charge in [0.05, 0.1) is 11.5 Å². The highest BCUT2D eigenvalue weighted by Gasteiger charge is 2.61. The van der Waals surface area contributed by atoms with Crippen LogP contribution < -0.4 is 0 Å². The molecule has 3 atom stereocenters. The molecule has 1 unspecified atom stereocenters. The average Bonchev–Trinajstić information content (AvgIpc) is 3.14. The van der Waals surface area contributed by atoms with Crippen molar-refractivity contribution in [3.8, 4) is 0 Å². The molecule has 0 heterocycles. The number of hydrogen-bond donors (Lipinski definition) is 1. The van der Waals surface area contributed by atoms with Crippen LogP contribution in [0, 0.1) is 37.1 Å². The maximum Gasteiger partial charge on any atom is 0.510 e. The van der Waals surface area contributed by atoms with Crippen molar-refractivity contribution >= 4 is 5.78 Å². The van der Waals surface area contributed by atoms with Crippen LogP contribution in [0.2, 0.25) is 0 Å². The molecule has 0 aromatic heterocycles. The van der Waals surface area contributed by atoms with Crippen molar-refractivity contribution in [1.82, 2.24) is 0 Å². The van der Waals surface area contributed by atoms with Crippen LogP contribution in [0.3, 0.4) is 0 Å². The molecule has 0 amide bonds. The van der Waals surface area contributed by atoms with E-state index in [0.717, 1.165) is 11.1 Å². The van der Waals surface area contributed by atoms with Crippen LogP contribution >= 0.6 is 0 Å². The third-order valence-corrected chi connectivity index (χ3v) is 7.41. The SMILES string of the molecule is [C-]#[N+]C1([N+]#[C-])CC=CCC2(C)C(=O)CC=C12.[C-]#[N+]C1([N+]#[C-])CC=CC[C@@]2(C)C1=CC[C@@H]2O. The van der Waals surface area contributed by atoms with Crippen molar-refractivity contribution in [3.63, 3.8) is 0 Å². The van der Waals surface area contributed by atoms with Crippen LogP contribution in [-0.4, -0.2) is 28.3 Å². The molecule has 0 aliphatic heterocycles. The van der Waals surface area contributed by atoms with E-state index < -0.39 is 28.3 Å². The predicted octanol–water partition coefficient (Wildman–Crippen LogP) is 5.35. The first-order chi connectivity index (χ1) is 15.2. The first-order valence-corrected chi connectivity index (χ1v) is 10.7. The molecule has 0 saturated heterocycles. The number of allylic oxidation sites excluding steroid dienone is 3. The highest BCUT2D eigenvalue weighted by atomic mass is 16.3. The first-order valence-electron chi connectivity index (χ1n) is 10.7. The van der Waals surface area contributed by atoms with Gasteiger partial charge in [0.15, 0.2) is 0 Å². The Morgan fingerprint density at radius 2 is 1.31 bits per heavy atom. The molecule has 0 spiro atoms. The molecule has 0 aromatic rings. The van der Waals surface area contributed by atoms with E-state index in [9.17, 15) is 9.90 Å². The number of carbonyl (C=O) groups is 1. The summed E-state index contributed by atoms with van der Waals surface area (Å²) in [6.07, 6.45) is 14.0. The van der Waals surface area contributed by atoms with Crippen molar-refractivity contribution in [2.75, 3.05) is 0 Å². The Balaban J connectivity index is 0.000000181. The summed E-state index contributed by atoms with van der Waals surface area (Å²) < 4.78 is 0. The molecule has 1 N–H and O–H groups in total. The van der Waals surface area contributed by atoms with Crippen molar-refractivity contribution in [2.24, 2.45) is 10.8 Å². The maximum atomic E-state index is 11.9. The molecule has 4 aliphatic carbocycles. The second-order valence-electron chi connectivity index (χ2n) is 9.20. The van der Waals surface area contributed by atoms with Gasteiger partial charge in [-0.15, -0.1) is 0 Å². The standard InChI is InChI=1S/C13H14N2O.C13H12N2O/c2*1-12-8-4-5-9-13(14-2,15-3)10(12)6-7-11(12)16/h4-6,11,16H,7-9H2,1H3;4-6H,7-9H2,1H3/t11-,12-;/m0./s1. The number of aliphatic hydroxyl groups is 1. The van der Waals surface area contributed by atoms with Crippen molar-refractivity contribution in [3.05, 3.63) is 93.3 Å². The molecule has 0 saturated carbocycles.